The first-order valence-electron chi connectivity index (χ1n) is 15.1. The Morgan fingerprint density at radius 2 is 1.12 bits per heavy atom. The molecule has 0 fully saturated rings. The fourth-order valence-electron chi connectivity index (χ4n) is 4.61. The number of hydrogen-bond acceptors (Lipinski definition) is 8. The van der Waals surface area contributed by atoms with Crippen molar-refractivity contribution in [2.75, 3.05) is 59.5 Å². The van der Waals surface area contributed by atoms with E-state index in [2.05, 4.69) is 16.9 Å². The highest BCUT2D eigenvalue weighted by molar-refractivity contribution is 5.84. The van der Waals surface area contributed by atoms with Crippen LogP contribution < -0.4 is 9.47 Å². The fraction of sp³-hybridized carbons (Fsp3) is 0.471. The smallest absolute Gasteiger partial charge is 0.145 e. The molecule has 0 radical (unpaired) electrons. The van der Waals surface area contributed by atoms with Crippen molar-refractivity contribution in [1.82, 2.24) is 9.97 Å². The van der Waals surface area contributed by atoms with E-state index in [9.17, 15) is 0 Å². The number of pyridine rings is 2. The molecule has 0 aliphatic rings. The van der Waals surface area contributed by atoms with Crippen LogP contribution in [-0.2, 0) is 18.9 Å². The van der Waals surface area contributed by atoms with Gasteiger partial charge in [0.1, 0.15) is 35.7 Å². The number of para-hydroxylation sites is 2. The molecule has 1 unspecified atom stereocenters. The lowest BCUT2D eigenvalue weighted by Crippen LogP contribution is -2.24. The standard InChI is InChI=1S/C34H44N2O6/c1-2-3-4-5-14-30(27-42-32-16-7-11-29-13-9-18-36-34(29)32)40-25-23-38-21-19-37-20-22-39-24-26-41-31-15-6-10-28-12-8-17-35-33(28)31/h6-13,15-18,30H,2-5,14,19-27H2,1H3. The Morgan fingerprint density at radius 1 is 0.571 bits per heavy atom. The van der Waals surface area contributed by atoms with E-state index in [0.717, 1.165) is 46.1 Å². The average Bonchev–Trinajstić information content (AvgIpc) is 3.03. The molecule has 8 nitrogen and oxygen atoms in total. The number of ether oxygens (including phenoxy) is 6. The first kappa shape index (κ1) is 31.6. The highest BCUT2D eigenvalue weighted by atomic mass is 16.6. The maximum Gasteiger partial charge on any atom is 0.145 e. The van der Waals surface area contributed by atoms with Crippen molar-refractivity contribution in [3.8, 4) is 11.5 Å². The lowest BCUT2D eigenvalue weighted by atomic mass is 10.1. The summed E-state index contributed by atoms with van der Waals surface area (Å²) in [5.41, 5.74) is 1.74. The summed E-state index contributed by atoms with van der Waals surface area (Å²) in [5.74, 6) is 1.56. The third-order valence-corrected chi connectivity index (χ3v) is 6.81. The van der Waals surface area contributed by atoms with Crippen LogP contribution in [0.15, 0.2) is 73.1 Å². The summed E-state index contributed by atoms with van der Waals surface area (Å²) in [5, 5.41) is 2.13. The Hall–Kier alpha value is -3.30. The van der Waals surface area contributed by atoms with E-state index in [-0.39, 0.29) is 6.10 Å². The first-order valence-corrected chi connectivity index (χ1v) is 15.1. The normalized spacial score (nSPS) is 12.1. The van der Waals surface area contributed by atoms with Crippen molar-refractivity contribution in [2.45, 2.75) is 45.1 Å². The third-order valence-electron chi connectivity index (χ3n) is 6.81. The van der Waals surface area contributed by atoms with Crippen molar-refractivity contribution < 1.29 is 28.4 Å². The molecule has 2 heterocycles. The molecular formula is C34H44N2O6. The molecule has 2 aromatic heterocycles. The lowest BCUT2D eigenvalue weighted by molar-refractivity contribution is -0.0326. The molecule has 42 heavy (non-hydrogen) atoms. The molecular weight excluding hydrogens is 532 g/mol. The van der Waals surface area contributed by atoms with E-state index >= 15 is 0 Å². The number of benzene rings is 2. The Kier molecular flexibility index (Phi) is 14.3. The molecule has 2 aromatic carbocycles. The minimum Gasteiger partial charge on any atom is -0.489 e. The predicted octanol–water partition coefficient (Wildman–Crippen LogP) is 6.65. The molecule has 0 aliphatic carbocycles. The van der Waals surface area contributed by atoms with Crippen molar-refractivity contribution in [2.24, 2.45) is 0 Å². The number of fused-ring (bicyclic) bond motifs is 2. The minimum absolute atomic E-state index is 0.0127. The van der Waals surface area contributed by atoms with Crippen LogP contribution in [0.2, 0.25) is 0 Å². The van der Waals surface area contributed by atoms with Crippen LogP contribution in [0.25, 0.3) is 21.8 Å². The van der Waals surface area contributed by atoms with Gasteiger partial charge in [-0.2, -0.15) is 0 Å². The molecule has 226 valence electrons. The maximum atomic E-state index is 6.16. The second-order valence-corrected chi connectivity index (χ2v) is 10.0. The molecule has 4 rings (SSSR count). The monoisotopic (exact) mass is 576 g/mol. The number of hydrogen-bond donors (Lipinski definition) is 0. The molecule has 0 N–H and O–H groups in total. The highest BCUT2D eigenvalue weighted by Gasteiger charge is 2.12. The van der Waals surface area contributed by atoms with Gasteiger partial charge in [-0.1, -0.05) is 69.0 Å². The van der Waals surface area contributed by atoms with Gasteiger partial charge in [-0.15, -0.1) is 0 Å². The van der Waals surface area contributed by atoms with Gasteiger partial charge in [0.25, 0.3) is 0 Å². The van der Waals surface area contributed by atoms with Crippen LogP contribution in [0.1, 0.15) is 39.0 Å². The van der Waals surface area contributed by atoms with Crippen LogP contribution in [0.3, 0.4) is 0 Å². The first-order chi connectivity index (χ1) is 20.8. The van der Waals surface area contributed by atoms with Crippen LogP contribution in [-0.4, -0.2) is 75.5 Å². The number of rotatable bonds is 22. The van der Waals surface area contributed by atoms with Gasteiger partial charge in [-0.3, -0.25) is 9.97 Å². The number of unbranched alkanes of at least 4 members (excludes halogenated alkanes) is 3. The largest absolute Gasteiger partial charge is 0.489 e. The van der Waals surface area contributed by atoms with Crippen molar-refractivity contribution in [3.05, 3.63) is 73.1 Å². The zero-order chi connectivity index (χ0) is 29.1. The van der Waals surface area contributed by atoms with Crippen LogP contribution in [0, 0.1) is 0 Å². The van der Waals surface area contributed by atoms with Gasteiger partial charge in [-0.05, 0) is 30.7 Å². The molecule has 0 saturated carbocycles. The van der Waals surface area contributed by atoms with E-state index < -0.39 is 0 Å². The summed E-state index contributed by atoms with van der Waals surface area (Å²) in [7, 11) is 0. The summed E-state index contributed by atoms with van der Waals surface area (Å²) in [6.07, 6.45) is 9.33. The van der Waals surface area contributed by atoms with E-state index in [1.807, 2.05) is 60.7 Å². The summed E-state index contributed by atoms with van der Waals surface area (Å²) in [6, 6.07) is 19.9. The van der Waals surface area contributed by atoms with Crippen LogP contribution in [0.4, 0.5) is 0 Å². The average molecular weight is 577 g/mol. The van der Waals surface area contributed by atoms with Crippen LogP contribution >= 0.6 is 0 Å². The second kappa shape index (κ2) is 19.0. The van der Waals surface area contributed by atoms with Gasteiger partial charge < -0.3 is 28.4 Å². The second-order valence-electron chi connectivity index (χ2n) is 10.0. The molecule has 0 saturated heterocycles. The Bertz CT molecular complexity index is 1290. The summed E-state index contributed by atoms with van der Waals surface area (Å²) >= 11 is 0. The highest BCUT2D eigenvalue weighted by Crippen LogP contribution is 2.24. The Morgan fingerprint density at radius 3 is 1.74 bits per heavy atom. The van der Waals surface area contributed by atoms with Gasteiger partial charge in [0.2, 0.25) is 0 Å². The molecule has 0 aliphatic heterocycles. The molecule has 0 spiro atoms. The van der Waals surface area contributed by atoms with Gasteiger partial charge in [-0.25, -0.2) is 0 Å². The summed E-state index contributed by atoms with van der Waals surface area (Å²) < 4.78 is 35.1. The van der Waals surface area contributed by atoms with E-state index in [4.69, 9.17) is 28.4 Å². The predicted molar refractivity (Wildman–Crippen MR) is 165 cm³/mol. The lowest BCUT2D eigenvalue weighted by Gasteiger charge is -2.19. The molecule has 1 atom stereocenters. The molecule has 0 bridgehead atoms. The van der Waals surface area contributed by atoms with E-state index in [1.165, 1.54) is 19.3 Å². The van der Waals surface area contributed by atoms with Crippen molar-refractivity contribution in [3.63, 3.8) is 0 Å². The van der Waals surface area contributed by atoms with Gasteiger partial charge in [0, 0.05) is 23.2 Å². The Labute approximate surface area is 249 Å². The van der Waals surface area contributed by atoms with Gasteiger partial charge in [0.05, 0.1) is 52.4 Å². The van der Waals surface area contributed by atoms with Gasteiger partial charge in [0.15, 0.2) is 0 Å². The summed E-state index contributed by atoms with van der Waals surface area (Å²) in [4.78, 5) is 8.89. The number of aromatic nitrogens is 2. The van der Waals surface area contributed by atoms with Gasteiger partial charge >= 0.3 is 0 Å². The molecule has 8 heteroatoms. The van der Waals surface area contributed by atoms with E-state index in [0.29, 0.717) is 59.5 Å². The van der Waals surface area contributed by atoms with Crippen molar-refractivity contribution in [1.29, 1.82) is 0 Å². The third kappa shape index (κ3) is 10.8. The fourth-order valence-corrected chi connectivity index (χ4v) is 4.61. The Balaban J connectivity index is 1.03. The zero-order valence-corrected chi connectivity index (χ0v) is 24.7. The number of nitrogens with zero attached hydrogens (tertiary/aromatic N) is 2. The van der Waals surface area contributed by atoms with Crippen LogP contribution in [0.5, 0.6) is 11.5 Å². The maximum absolute atomic E-state index is 6.16. The SMILES string of the molecule is CCCCCCC(COc1cccc2cccnc12)OCCOCCOCCOCCOc1cccc2cccnc12. The topological polar surface area (TPSA) is 81.2 Å². The quantitative estimate of drug-likeness (QED) is 0.0963. The van der Waals surface area contributed by atoms with Crippen molar-refractivity contribution >= 4 is 21.8 Å². The molecule has 4 aromatic rings. The molecule has 0 amide bonds. The van der Waals surface area contributed by atoms with E-state index in [1.54, 1.807) is 12.4 Å². The minimum atomic E-state index is 0.0127. The summed E-state index contributed by atoms with van der Waals surface area (Å²) in [6.45, 7) is 6.74. The zero-order valence-electron chi connectivity index (χ0n) is 24.7.